The number of nitrogens with one attached hydrogen (secondary N) is 2. The van der Waals surface area contributed by atoms with Gasteiger partial charge in [-0.25, -0.2) is 0 Å². The van der Waals surface area contributed by atoms with E-state index in [1.807, 2.05) is 44.1 Å². The summed E-state index contributed by atoms with van der Waals surface area (Å²) in [6, 6.07) is 16.4. The van der Waals surface area contributed by atoms with Crippen LogP contribution in [0.4, 0.5) is 17.1 Å². The highest BCUT2D eigenvalue weighted by Crippen LogP contribution is 2.34. The highest BCUT2D eigenvalue weighted by atomic mass is 35.5. The minimum absolute atomic E-state index is 0.0687. The number of rotatable bonds is 10. The SMILES string of the molecule is Cc1cc2ncc(C#N)c(Nc3ccc(CC(=O)c4ccccn4)c(Cl)c3)c2cc1NC(=O)CCCN(C)C. The first-order valence-electron chi connectivity index (χ1n) is 12.5. The lowest BCUT2D eigenvalue weighted by Crippen LogP contribution is -2.17. The van der Waals surface area contributed by atoms with E-state index >= 15 is 0 Å². The van der Waals surface area contributed by atoms with E-state index in [2.05, 4.69) is 26.7 Å². The molecule has 8 nitrogen and oxygen atoms in total. The van der Waals surface area contributed by atoms with E-state index < -0.39 is 0 Å². The van der Waals surface area contributed by atoms with Gasteiger partial charge in [-0.05, 0) is 81.5 Å². The number of carbonyl (C=O) groups excluding carboxylic acids is 2. The van der Waals surface area contributed by atoms with E-state index in [4.69, 9.17) is 11.6 Å². The summed E-state index contributed by atoms with van der Waals surface area (Å²) in [6.45, 7) is 2.74. The minimum atomic E-state index is -0.128. The number of pyridine rings is 2. The first-order valence-corrected chi connectivity index (χ1v) is 12.9. The Bertz CT molecular complexity index is 1560. The molecule has 0 aliphatic heterocycles. The maximum absolute atomic E-state index is 12.6. The van der Waals surface area contributed by atoms with E-state index in [-0.39, 0.29) is 18.1 Å². The van der Waals surface area contributed by atoms with Gasteiger partial charge in [0, 0.05) is 47.0 Å². The molecule has 0 atom stereocenters. The van der Waals surface area contributed by atoms with Crippen LogP contribution < -0.4 is 10.6 Å². The highest BCUT2D eigenvalue weighted by molar-refractivity contribution is 6.32. The zero-order valence-corrected chi connectivity index (χ0v) is 22.8. The molecule has 4 rings (SSSR count). The number of Topliss-reactive ketones (excluding diaryl/α,β-unsaturated/α-hetero) is 1. The van der Waals surface area contributed by atoms with Crippen molar-refractivity contribution in [2.75, 3.05) is 31.3 Å². The molecule has 4 aromatic rings. The molecule has 0 radical (unpaired) electrons. The van der Waals surface area contributed by atoms with Gasteiger partial charge in [0.2, 0.25) is 5.91 Å². The van der Waals surface area contributed by atoms with Gasteiger partial charge in [0.15, 0.2) is 5.78 Å². The van der Waals surface area contributed by atoms with Crippen molar-refractivity contribution in [1.29, 1.82) is 5.26 Å². The van der Waals surface area contributed by atoms with Crippen LogP contribution in [-0.2, 0) is 11.2 Å². The van der Waals surface area contributed by atoms with E-state index in [1.165, 1.54) is 6.20 Å². The fourth-order valence-corrected chi connectivity index (χ4v) is 4.42. The summed E-state index contributed by atoms with van der Waals surface area (Å²) in [5, 5.41) is 17.2. The van der Waals surface area contributed by atoms with E-state index in [0.717, 1.165) is 18.5 Å². The summed E-state index contributed by atoms with van der Waals surface area (Å²) < 4.78 is 0. The maximum Gasteiger partial charge on any atom is 0.224 e. The van der Waals surface area contributed by atoms with Gasteiger partial charge in [-0.1, -0.05) is 23.7 Å². The Labute approximate surface area is 232 Å². The third-order valence-corrected chi connectivity index (χ3v) is 6.59. The number of halogens is 1. The fraction of sp³-hybridized carbons (Fsp3) is 0.233. The molecule has 2 aromatic carbocycles. The number of carbonyl (C=O) groups is 2. The number of aromatic nitrogens is 2. The number of hydrogen-bond donors (Lipinski definition) is 2. The molecule has 0 saturated carbocycles. The molecular formula is C30H29ClN6O2. The Balaban J connectivity index is 1.60. The van der Waals surface area contributed by atoms with Gasteiger partial charge >= 0.3 is 0 Å². The molecule has 0 aliphatic rings. The van der Waals surface area contributed by atoms with E-state index in [1.54, 1.807) is 36.5 Å². The van der Waals surface area contributed by atoms with Crippen LogP contribution in [0, 0.1) is 18.3 Å². The molecule has 2 aromatic heterocycles. The van der Waals surface area contributed by atoms with Crippen molar-refractivity contribution < 1.29 is 9.59 Å². The van der Waals surface area contributed by atoms with Crippen molar-refractivity contribution in [2.24, 2.45) is 0 Å². The average molecular weight is 541 g/mol. The number of aryl methyl sites for hydroxylation is 1. The van der Waals surface area contributed by atoms with Crippen LogP contribution in [0.25, 0.3) is 10.9 Å². The summed E-state index contributed by atoms with van der Waals surface area (Å²) in [7, 11) is 3.95. The van der Waals surface area contributed by atoms with Gasteiger partial charge in [-0.2, -0.15) is 5.26 Å². The Kier molecular flexibility index (Phi) is 8.87. The molecule has 198 valence electrons. The number of fused-ring (bicyclic) bond motifs is 1. The van der Waals surface area contributed by atoms with Crippen molar-refractivity contribution in [3.8, 4) is 6.07 Å². The maximum atomic E-state index is 12.6. The van der Waals surface area contributed by atoms with Crippen molar-refractivity contribution >= 4 is 51.3 Å². The summed E-state index contributed by atoms with van der Waals surface area (Å²) in [6.07, 6.45) is 4.38. The highest BCUT2D eigenvalue weighted by Gasteiger charge is 2.15. The van der Waals surface area contributed by atoms with Gasteiger partial charge in [-0.3, -0.25) is 19.6 Å². The largest absolute Gasteiger partial charge is 0.354 e. The quantitative estimate of drug-likeness (QED) is 0.240. The minimum Gasteiger partial charge on any atom is -0.354 e. The van der Waals surface area contributed by atoms with Gasteiger partial charge in [0.05, 0.1) is 16.8 Å². The molecular weight excluding hydrogens is 512 g/mol. The second kappa shape index (κ2) is 12.5. The first kappa shape index (κ1) is 27.7. The average Bonchev–Trinajstić information content (AvgIpc) is 2.91. The molecule has 9 heteroatoms. The molecule has 0 aliphatic carbocycles. The second-order valence-corrected chi connectivity index (χ2v) is 9.95. The number of nitriles is 1. The number of benzene rings is 2. The number of amides is 1. The first-order chi connectivity index (χ1) is 18.7. The molecule has 0 bridgehead atoms. The molecule has 0 spiro atoms. The Hall–Kier alpha value is -4.32. The monoisotopic (exact) mass is 540 g/mol. The van der Waals surface area contributed by atoms with Gasteiger partial charge in [-0.15, -0.1) is 0 Å². The molecule has 0 fully saturated rings. The van der Waals surface area contributed by atoms with Gasteiger partial charge in [0.1, 0.15) is 11.8 Å². The lowest BCUT2D eigenvalue weighted by molar-refractivity contribution is -0.116. The number of anilines is 3. The third-order valence-electron chi connectivity index (χ3n) is 6.24. The summed E-state index contributed by atoms with van der Waals surface area (Å²) in [5.41, 5.74) is 4.83. The van der Waals surface area contributed by atoms with Crippen molar-refractivity contribution in [3.63, 3.8) is 0 Å². The molecule has 1 amide bonds. The molecule has 2 heterocycles. The van der Waals surface area contributed by atoms with Crippen LogP contribution in [0.3, 0.4) is 0 Å². The number of hydrogen-bond acceptors (Lipinski definition) is 7. The predicted octanol–water partition coefficient (Wildman–Crippen LogP) is 5.91. The number of ketones is 1. The Morgan fingerprint density at radius 3 is 2.62 bits per heavy atom. The van der Waals surface area contributed by atoms with Crippen molar-refractivity contribution in [2.45, 2.75) is 26.2 Å². The molecule has 2 N–H and O–H groups in total. The number of nitrogens with zero attached hydrogens (tertiary/aromatic N) is 4. The zero-order valence-electron chi connectivity index (χ0n) is 22.1. The van der Waals surface area contributed by atoms with Crippen molar-refractivity contribution in [1.82, 2.24) is 14.9 Å². The third kappa shape index (κ3) is 6.96. The van der Waals surface area contributed by atoms with Crippen LogP contribution in [0.5, 0.6) is 0 Å². The Morgan fingerprint density at radius 2 is 1.92 bits per heavy atom. The van der Waals surface area contributed by atoms with E-state index in [0.29, 0.717) is 56.2 Å². The molecule has 0 saturated heterocycles. The lowest BCUT2D eigenvalue weighted by atomic mass is 10.0. The smallest absolute Gasteiger partial charge is 0.224 e. The van der Waals surface area contributed by atoms with Crippen LogP contribution >= 0.6 is 11.6 Å². The summed E-state index contributed by atoms with van der Waals surface area (Å²) in [5.74, 6) is -0.197. The lowest BCUT2D eigenvalue weighted by Gasteiger charge is -2.16. The molecule has 39 heavy (non-hydrogen) atoms. The van der Waals surface area contributed by atoms with Gasteiger partial charge in [0.25, 0.3) is 0 Å². The summed E-state index contributed by atoms with van der Waals surface area (Å²) >= 11 is 6.54. The van der Waals surface area contributed by atoms with Crippen LogP contribution in [0.2, 0.25) is 5.02 Å². The second-order valence-electron chi connectivity index (χ2n) is 9.54. The van der Waals surface area contributed by atoms with E-state index in [9.17, 15) is 14.9 Å². The fourth-order valence-electron chi connectivity index (χ4n) is 4.17. The van der Waals surface area contributed by atoms with Crippen LogP contribution in [0.15, 0.2) is 60.9 Å². The van der Waals surface area contributed by atoms with Crippen molar-refractivity contribution in [3.05, 3.63) is 88.3 Å². The van der Waals surface area contributed by atoms with Crippen LogP contribution in [0.1, 0.15) is 40.0 Å². The van der Waals surface area contributed by atoms with Crippen LogP contribution in [-0.4, -0.2) is 47.2 Å². The zero-order chi connectivity index (χ0) is 27.9. The topological polar surface area (TPSA) is 111 Å². The normalized spacial score (nSPS) is 10.9. The Morgan fingerprint density at radius 1 is 1.10 bits per heavy atom. The predicted molar refractivity (Wildman–Crippen MR) is 155 cm³/mol. The van der Waals surface area contributed by atoms with Gasteiger partial charge < -0.3 is 15.5 Å². The summed E-state index contributed by atoms with van der Waals surface area (Å²) in [4.78, 5) is 35.7. The standard InChI is InChI=1S/C30H29ClN6O2/c1-19-13-27-23(16-26(19)36-29(39)8-6-12-37(2)3)30(21(17-32)18-34-27)35-22-10-9-20(24(31)15-22)14-28(38)25-7-4-5-11-33-25/h4-5,7,9-11,13,15-16,18H,6,8,12,14H2,1-3H3,(H,34,35)(H,36,39). The molecule has 0 unspecified atom stereocenters.